The third-order valence-corrected chi connectivity index (χ3v) is 3.64. The molecule has 1 aromatic carbocycles. The third-order valence-electron chi connectivity index (χ3n) is 3.40. The van der Waals surface area contributed by atoms with Gasteiger partial charge in [0.25, 0.3) is 0 Å². The summed E-state index contributed by atoms with van der Waals surface area (Å²) in [4.78, 5) is 2.44. The zero-order chi connectivity index (χ0) is 11.5. The Morgan fingerprint density at radius 2 is 2.31 bits per heavy atom. The second-order valence-electron chi connectivity index (χ2n) is 4.61. The van der Waals surface area contributed by atoms with Gasteiger partial charge in [-0.25, -0.2) is 0 Å². The van der Waals surface area contributed by atoms with Crippen molar-refractivity contribution in [2.75, 3.05) is 26.7 Å². The molecule has 2 rings (SSSR count). The molecule has 1 saturated heterocycles. The standard InChI is InChI=1S/C13H19ClN2/c1-10-7-12(14)4-3-11(10)8-13-9-15-5-6-16(13)2/h3-4,7,13,15H,5-6,8-9H2,1-2H3. The predicted molar refractivity (Wildman–Crippen MR) is 69.2 cm³/mol. The highest BCUT2D eigenvalue weighted by molar-refractivity contribution is 6.30. The van der Waals surface area contributed by atoms with Crippen LogP contribution in [0.4, 0.5) is 0 Å². The molecule has 3 heteroatoms. The Kier molecular flexibility index (Phi) is 3.85. The molecule has 0 bridgehead atoms. The van der Waals surface area contributed by atoms with Gasteiger partial charge in [-0.2, -0.15) is 0 Å². The Bertz CT molecular complexity index is 365. The van der Waals surface area contributed by atoms with Crippen LogP contribution in [-0.2, 0) is 6.42 Å². The molecule has 1 aliphatic rings. The van der Waals surface area contributed by atoms with Crippen molar-refractivity contribution < 1.29 is 0 Å². The van der Waals surface area contributed by atoms with Crippen molar-refractivity contribution in [1.82, 2.24) is 10.2 Å². The monoisotopic (exact) mass is 238 g/mol. The summed E-state index contributed by atoms with van der Waals surface area (Å²) >= 11 is 5.97. The zero-order valence-corrected chi connectivity index (χ0v) is 10.7. The van der Waals surface area contributed by atoms with Crippen molar-refractivity contribution in [3.05, 3.63) is 34.3 Å². The minimum Gasteiger partial charge on any atom is -0.314 e. The van der Waals surface area contributed by atoms with E-state index in [2.05, 4.69) is 30.3 Å². The summed E-state index contributed by atoms with van der Waals surface area (Å²) in [5.41, 5.74) is 2.71. The molecule has 0 aromatic heterocycles. The van der Waals surface area contributed by atoms with Gasteiger partial charge < -0.3 is 10.2 Å². The number of nitrogens with one attached hydrogen (secondary N) is 1. The molecule has 16 heavy (non-hydrogen) atoms. The first-order chi connectivity index (χ1) is 7.66. The normalized spacial score (nSPS) is 22.3. The summed E-state index contributed by atoms with van der Waals surface area (Å²) < 4.78 is 0. The lowest BCUT2D eigenvalue weighted by molar-refractivity contribution is 0.199. The molecule has 1 aromatic rings. The molecule has 0 amide bonds. The molecule has 1 unspecified atom stereocenters. The zero-order valence-electron chi connectivity index (χ0n) is 9.96. The van der Waals surface area contributed by atoms with Crippen molar-refractivity contribution in [3.63, 3.8) is 0 Å². The summed E-state index contributed by atoms with van der Waals surface area (Å²) in [5, 5.41) is 4.28. The lowest BCUT2D eigenvalue weighted by atomic mass is 9.99. The number of nitrogens with zero attached hydrogens (tertiary/aromatic N) is 1. The van der Waals surface area contributed by atoms with E-state index in [4.69, 9.17) is 11.6 Å². The lowest BCUT2D eigenvalue weighted by Crippen LogP contribution is -2.50. The Hall–Kier alpha value is -0.570. The van der Waals surface area contributed by atoms with E-state index in [0.717, 1.165) is 31.1 Å². The van der Waals surface area contributed by atoms with Crippen LogP contribution in [0.3, 0.4) is 0 Å². The molecule has 88 valence electrons. The van der Waals surface area contributed by atoms with Crippen molar-refractivity contribution in [3.8, 4) is 0 Å². The van der Waals surface area contributed by atoms with Crippen LogP contribution in [0.25, 0.3) is 0 Å². The molecule has 2 nitrogen and oxygen atoms in total. The summed E-state index contributed by atoms with van der Waals surface area (Å²) in [6, 6.07) is 6.79. The van der Waals surface area contributed by atoms with Crippen molar-refractivity contribution >= 4 is 11.6 Å². The molecule has 1 heterocycles. The minimum absolute atomic E-state index is 0.605. The highest BCUT2D eigenvalue weighted by Crippen LogP contribution is 2.18. The van der Waals surface area contributed by atoms with Gasteiger partial charge in [-0.05, 0) is 43.7 Å². The average molecular weight is 239 g/mol. The lowest BCUT2D eigenvalue weighted by Gasteiger charge is -2.33. The van der Waals surface area contributed by atoms with Crippen LogP contribution in [0.15, 0.2) is 18.2 Å². The quantitative estimate of drug-likeness (QED) is 0.849. The van der Waals surface area contributed by atoms with Gasteiger partial charge in [0, 0.05) is 30.7 Å². The SMILES string of the molecule is Cc1cc(Cl)ccc1CC1CNCCN1C. The van der Waals surface area contributed by atoms with Crippen molar-refractivity contribution in [2.24, 2.45) is 0 Å². The Labute approximate surface area is 103 Å². The highest BCUT2D eigenvalue weighted by Gasteiger charge is 2.19. The highest BCUT2D eigenvalue weighted by atomic mass is 35.5. The number of likely N-dealkylation sites (N-methyl/N-ethyl adjacent to an activating group) is 1. The Morgan fingerprint density at radius 1 is 1.50 bits per heavy atom. The summed E-state index contributed by atoms with van der Waals surface area (Å²) in [6.45, 7) is 5.46. The van der Waals surface area contributed by atoms with Crippen molar-refractivity contribution in [2.45, 2.75) is 19.4 Å². The van der Waals surface area contributed by atoms with Gasteiger partial charge in [-0.15, -0.1) is 0 Å². The number of piperazine rings is 1. The molecular formula is C13H19ClN2. The number of hydrogen-bond donors (Lipinski definition) is 1. The molecule has 1 atom stereocenters. The van der Waals surface area contributed by atoms with E-state index in [1.165, 1.54) is 11.1 Å². The van der Waals surface area contributed by atoms with Gasteiger partial charge in [0.1, 0.15) is 0 Å². The van der Waals surface area contributed by atoms with E-state index in [1.807, 2.05) is 12.1 Å². The second kappa shape index (κ2) is 5.17. The fourth-order valence-electron chi connectivity index (χ4n) is 2.23. The molecule has 1 N–H and O–H groups in total. The number of halogens is 1. The van der Waals surface area contributed by atoms with Gasteiger partial charge in [0.05, 0.1) is 0 Å². The van der Waals surface area contributed by atoms with Crippen LogP contribution in [0.2, 0.25) is 5.02 Å². The molecule has 0 radical (unpaired) electrons. The van der Waals surface area contributed by atoms with Gasteiger partial charge >= 0.3 is 0 Å². The molecule has 0 saturated carbocycles. The summed E-state index contributed by atoms with van der Waals surface area (Å²) in [6.07, 6.45) is 1.10. The van der Waals surface area contributed by atoms with Gasteiger partial charge in [-0.1, -0.05) is 17.7 Å². The van der Waals surface area contributed by atoms with Crippen LogP contribution in [0.5, 0.6) is 0 Å². The van der Waals surface area contributed by atoms with E-state index in [9.17, 15) is 0 Å². The number of aryl methyl sites for hydroxylation is 1. The largest absolute Gasteiger partial charge is 0.314 e. The Balaban J connectivity index is 2.07. The van der Waals surface area contributed by atoms with E-state index in [-0.39, 0.29) is 0 Å². The first kappa shape index (κ1) is 11.9. The molecule has 0 aliphatic carbocycles. The van der Waals surface area contributed by atoms with Crippen LogP contribution in [0.1, 0.15) is 11.1 Å². The Morgan fingerprint density at radius 3 is 3.00 bits per heavy atom. The van der Waals surface area contributed by atoms with Gasteiger partial charge in [0.2, 0.25) is 0 Å². The topological polar surface area (TPSA) is 15.3 Å². The molecule has 1 aliphatic heterocycles. The first-order valence-corrected chi connectivity index (χ1v) is 6.20. The predicted octanol–water partition coefficient (Wildman–Crippen LogP) is 2.09. The smallest absolute Gasteiger partial charge is 0.0408 e. The average Bonchev–Trinajstić information content (AvgIpc) is 2.25. The maximum Gasteiger partial charge on any atom is 0.0408 e. The second-order valence-corrected chi connectivity index (χ2v) is 5.05. The molecular weight excluding hydrogens is 220 g/mol. The fourth-order valence-corrected chi connectivity index (χ4v) is 2.46. The van der Waals surface area contributed by atoms with Crippen LogP contribution in [-0.4, -0.2) is 37.6 Å². The van der Waals surface area contributed by atoms with E-state index >= 15 is 0 Å². The van der Waals surface area contributed by atoms with Gasteiger partial charge in [0.15, 0.2) is 0 Å². The first-order valence-electron chi connectivity index (χ1n) is 5.83. The number of benzene rings is 1. The minimum atomic E-state index is 0.605. The molecule has 1 fully saturated rings. The molecule has 0 spiro atoms. The van der Waals surface area contributed by atoms with Crippen molar-refractivity contribution in [1.29, 1.82) is 0 Å². The number of rotatable bonds is 2. The summed E-state index contributed by atoms with van der Waals surface area (Å²) in [5.74, 6) is 0. The maximum absolute atomic E-state index is 5.97. The summed E-state index contributed by atoms with van der Waals surface area (Å²) in [7, 11) is 2.21. The van der Waals surface area contributed by atoms with Crippen LogP contribution in [0, 0.1) is 6.92 Å². The fraction of sp³-hybridized carbons (Fsp3) is 0.538. The number of hydrogen-bond acceptors (Lipinski definition) is 2. The van der Waals surface area contributed by atoms with E-state index < -0.39 is 0 Å². The maximum atomic E-state index is 5.97. The van der Waals surface area contributed by atoms with Gasteiger partial charge in [-0.3, -0.25) is 0 Å². The van der Waals surface area contributed by atoms with E-state index in [1.54, 1.807) is 0 Å². The van der Waals surface area contributed by atoms with E-state index in [0.29, 0.717) is 6.04 Å². The van der Waals surface area contributed by atoms with Crippen LogP contribution >= 0.6 is 11.6 Å². The third kappa shape index (κ3) is 2.76. The van der Waals surface area contributed by atoms with Crippen LogP contribution < -0.4 is 5.32 Å².